The van der Waals surface area contributed by atoms with Crippen LogP contribution in [0.1, 0.15) is 12.0 Å². The third-order valence-corrected chi connectivity index (χ3v) is 3.35. The van der Waals surface area contributed by atoms with Crippen LogP contribution in [0.5, 0.6) is 0 Å². The number of aromatic nitrogens is 2. The molecule has 1 aliphatic rings. The maximum atomic E-state index is 11.3. The van der Waals surface area contributed by atoms with E-state index in [1.54, 1.807) is 0 Å². The summed E-state index contributed by atoms with van der Waals surface area (Å²) in [6, 6.07) is 12.1. The van der Waals surface area contributed by atoms with E-state index in [0.717, 1.165) is 23.6 Å². The van der Waals surface area contributed by atoms with Crippen LogP contribution in [0.3, 0.4) is 0 Å². The monoisotopic (exact) mass is 253 g/mol. The van der Waals surface area contributed by atoms with E-state index in [2.05, 4.69) is 29.3 Å². The molecular weight excluding hydrogens is 238 g/mol. The molecule has 4 heteroatoms. The van der Waals surface area contributed by atoms with Crippen molar-refractivity contribution < 1.29 is 4.79 Å². The van der Waals surface area contributed by atoms with Crippen molar-refractivity contribution in [3.8, 4) is 11.3 Å². The molecule has 0 N–H and O–H groups in total. The highest BCUT2D eigenvalue weighted by Crippen LogP contribution is 2.20. The minimum absolute atomic E-state index is 0.268. The Morgan fingerprint density at radius 3 is 2.42 bits per heavy atom. The molecule has 0 unspecified atom stereocenters. The summed E-state index contributed by atoms with van der Waals surface area (Å²) in [5.41, 5.74) is 3.14. The fourth-order valence-electron chi connectivity index (χ4n) is 2.20. The molecule has 1 saturated heterocycles. The van der Waals surface area contributed by atoms with Gasteiger partial charge >= 0.3 is 0 Å². The lowest BCUT2D eigenvalue weighted by Crippen LogP contribution is -2.21. The molecule has 1 fully saturated rings. The fourth-order valence-corrected chi connectivity index (χ4v) is 2.20. The van der Waals surface area contributed by atoms with E-state index in [0.29, 0.717) is 13.0 Å². The van der Waals surface area contributed by atoms with Gasteiger partial charge in [-0.1, -0.05) is 29.8 Å². The molecule has 1 aromatic heterocycles. The van der Waals surface area contributed by atoms with Crippen LogP contribution in [0.2, 0.25) is 0 Å². The van der Waals surface area contributed by atoms with Crippen molar-refractivity contribution in [1.82, 2.24) is 10.2 Å². The van der Waals surface area contributed by atoms with Crippen molar-refractivity contribution in [3.05, 3.63) is 42.0 Å². The van der Waals surface area contributed by atoms with Crippen LogP contribution >= 0.6 is 0 Å². The van der Waals surface area contributed by atoms with Gasteiger partial charge in [0.25, 0.3) is 0 Å². The van der Waals surface area contributed by atoms with Crippen LogP contribution in [0.4, 0.5) is 5.82 Å². The summed E-state index contributed by atoms with van der Waals surface area (Å²) in [6.07, 6.45) is 0.612. The molecule has 0 aliphatic carbocycles. The van der Waals surface area contributed by atoms with Gasteiger partial charge in [-0.2, -0.15) is 0 Å². The standard InChI is InChI=1S/C15H15N3O/c1-11-2-4-12(5-3-11)14-6-7-15(17-16-14)18-9-8-13(19)10-18/h2-7H,8-10H2,1H3. The van der Waals surface area contributed by atoms with Crippen molar-refractivity contribution in [2.45, 2.75) is 13.3 Å². The lowest BCUT2D eigenvalue weighted by molar-refractivity contribution is -0.116. The Kier molecular flexibility index (Phi) is 2.99. The number of ketones is 1. The Balaban J connectivity index is 1.82. The van der Waals surface area contributed by atoms with Gasteiger partial charge in [0.2, 0.25) is 0 Å². The molecule has 96 valence electrons. The number of nitrogens with zero attached hydrogens (tertiary/aromatic N) is 3. The number of aryl methyl sites for hydroxylation is 1. The number of Topliss-reactive ketones (excluding diaryl/α,β-unsaturated/α-hetero) is 1. The van der Waals surface area contributed by atoms with Crippen LogP contribution in [-0.4, -0.2) is 29.1 Å². The average molecular weight is 253 g/mol. The zero-order valence-corrected chi connectivity index (χ0v) is 10.8. The van der Waals surface area contributed by atoms with Crippen LogP contribution in [-0.2, 0) is 4.79 Å². The first-order chi connectivity index (χ1) is 9.22. The van der Waals surface area contributed by atoms with Crippen molar-refractivity contribution >= 4 is 11.6 Å². The van der Waals surface area contributed by atoms with Gasteiger partial charge in [0.15, 0.2) is 11.6 Å². The summed E-state index contributed by atoms with van der Waals surface area (Å²) in [4.78, 5) is 13.2. The maximum absolute atomic E-state index is 11.3. The molecule has 0 radical (unpaired) electrons. The summed E-state index contributed by atoms with van der Waals surface area (Å²) in [6.45, 7) is 3.26. The minimum atomic E-state index is 0.268. The first kappa shape index (κ1) is 11.8. The second-order valence-corrected chi connectivity index (χ2v) is 4.85. The Hall–Kier alpha value is -2.23. The molecule has 1 aromatic carbocycles. The van der Waals surface area contributed by atoms with Gasteiger partial charge in [-0.15, -0.1) is 10.2 Å². The predicted molar refractivity (Wildman–Crippen MR) is 74.0 cm³/mol. The second kappa shape index (κ2) is 4.80. The molecule has 2 heterocycles. The molecule has 19 heavy (non-hydrogen) atoms. The highest BCUT2D eigenvalue weighted by molar-refractivity contribution is 5.86. The van der Waals surface area contributed by atoms with Crippen molar-refractivity contribution in [3.63, 3.8) is 0 Å². The van der Waals surface area contributed by atoms with Crippen molar-refractivity contribution in [2.24, 2.45) is 0 Å². The fraction of sp³-hybridized carbons (Fsp3) is 0.267. The first-order valence-electron chi connectivity index (χ1n) is 6.40. The number of hydrogen-bond acceptors (Lipinski definition) is 4. The third-order valence-electron chi connectivity index (χ3n) is 3.35. The molecule has 3 rings (SSSR count). The topological polar surface area (TPSA) is 46.1 Å². The zero-order chi connectivity index (χ0) is 13.2. The number of carbonyl (C=O) groups is 1. The van der Waals surface area contributed by atoms with Crippen molar-refractivity contribution in [2.75, 3.05) is 18.0 Å². The van der Waals surface area contributed by atoms with Crippen LogP contribution < -0.4 is 4.90 Å². The number of anilines is 1. The normalized spacial score (nSPS) is 15.0. The van der Waals surface area contributed by atoms with Gasteiger partial charge in [-0.05, 0) is 19.1 Å². The molecule has 4 nitrogen and oxygen atoms in total. The smallest absolute Gasteiger partial charge is 0.153 e. The number of carbonyl (C=O) groups excluding carboxylic acids is 1. The summed E-state index contributed by atoms with van der Waals surface area (Å²) in [5.74, 6) is 1.05. The second-order valence-electron chi connectivity index (χ2n) is 4.85. The maximum Gasteiger partial charge on any atom is 0.153 e. The predicted octanol–water partition coefficient (Wildman–Crippen LogP) is 2.23. The van der Waals surface area contributed by atoms with E-state index >= 15 is 0 Å². The summed E-state index contributed by atoms with van der Waals surface area (Å²) < 4.78 is 0. The lowest BCUT2D eigenvalue weighted by Gasteiger charge is -2.14. The van der Waals surface area contributed by atoms with E-state index in [9.17, 15) is 4.79 Å². The molecule has 0 atom stereocenters. The van der Waals surface area contributed by atoms with Gasteiger partial charge in [-0.3, -0.25) is 4.79 Å². The van der Waals surface area contributed by atoms with E-state index in [1.165, 1.54) is 5.56 Å². The average Bonchev–Trinajstić information content (AvgIpc) is 2.87. The highest BCUT2D eigenvalue weighted by atomic mass is 16.1. The Labute approximate surface area is 112 Å². The Morgan fingerprint density at radius 1 is 1.05 bits per heavy atom. The lowest BCUT2D eigenvalue weighted by atomic mass is 10.1. The van der Waals surface area contributed by atoms with E-state index in [4.69, 9.17) is 0 Å². The van der Waals surface area contributed by atoms with Crippen LogP contribution in [0.15, 0.2) is 36.4 Å². The van der Waals surface area contributed by atoms with Gasteiger partial charge in [0.1, 0.15) is 0 Å². The van der Waals surface area contributed by atoms with Gasteiger partial charge in [0, 0.05) is 18.5 Å². The SMILES string of the molecule is Cc1ccc(-c2ccc(N3CCC(=O)C3)nn2)cc1. The molecule has 0 spiro atoms. The van der Waals surface area contributed by atoms with Crippen molar-refractivity contribution in [1.29, 1.82) is 0 Å². The van der Waals surface area contributed by atoms with E-state index < -0.39 is 0 Å². The van der Waals surface area contributed by atoms with Crippen LogP contribution in [0, 0.1) is 6.92 Å². The van der Waals surface area contributed by atoms with E-state index in [-0.39, 0.29) is 5.78 Å². The van der Waals surface area contributed by atoms with Gasteiger partial charge < -0.3 is 4.90 Å². The Morgan fingerprint density at radius 2 is 1.84 bits per heavy atom. The first-order valence-corrected chi connectivity index (χ1v) is 6.40. The van der Waals surface area contributed by atoms with Crippen LogP contribution in [0.25, 0.3) is 11.3 Å². The molecular formula is C15H15N3O. The van der Waals surface area contributed by atoms with E-state index in [1.807, 2.05) is 29.2 Å². The summed E-state index contributed by atoms with van der Waals surface area (Å²) in [5, 5.41) is 8.46. The quantitative estimate of drug-likeness (QED) is 0.823. The molecule has 0 saturated carbocycles. The van der Waals surface area contributed by atoms with Gasteiger partial charge in [-0.25, -0.2) is 0 Å². The zero-order valence-electron chi connectivity index (χ0n) is 10.8. The minimum Gasteiger partial charge on any atom is -0.347 e. The van der Waals surface area contributed by atoms with Gasteiger partial charge in [0.05, 0.1) is 12.2 Å². The molecule has 2 aromatic rings. The Bertz CT molecular complexity index is 590. The molecule has 1 aliphatic heterocycles. The largest absolute Gasteiger partial charge is 0.347 e. The third kappa shape index (κ3) is 2.47. The summed E-state index contributed by atoms with van der Waals surface area (Å²) >= 11 is 0. The molecule has 0 bridgehead atoms. The number of hydrogen-bond donors (Lipinski definition) is 0. The number of benzene rings is 1. The summed E-state index contributed by atoms with van der Waals surface area (Å²) in [7, 11) is 0. The number of rotatable bonds is 2. The molecule has 0 amide bonds. The highest BCUT2D eigenvalue weighted by Gasteiger charge is 2.20.